The number of alkyl halides is 3. The molecular formula is C25H28F3N5O2. The van der Waals surface area contributed by atoms with E-state index in [1.165, 1.54) is 16.9 Å². The van der Waals surface area contributed by atoms with Crippen LogP contribution in [0, 0.1) is 5.92 Å². The summed E-state index contributed by atoms with van der Waals surface area (Å²) >= 11 is 0. The third-order valence-corrected chi connectivity index (χ3v) is 6.76. The van der Waals surface area contributed by atoms with Gasteiger partial charge in [-0.15, -0.1) is 0 Å². The van der Waals surface area contributed by atoms with Crippen molar-refractivity contribution in [3.8, 4) is 11.5 Å². The number of carbonyl (C=O) groups is 1. The summed E-state index contributed by atoms with van der Waals surface area (Å²) in [5, 5.41) is 4.34. The van der Waals surface area contributed by atoms with E-state index in [1.807, 2.05) is 4.90 Å². The molecule has 0 unspecified atom stereocenters. The maximum Gasteiger partial charge on any atom is 0.416 e. The van der Waals surface area contributed by atoms with Gasteiger partial charge in [0.1, 0.15) is 5.56 Å². The highest BCUT2D eigenvalue weighted by Crippen LogP contribution is 2.31. The molecule has 1 aromatic carbocycles. The average molecular weight is 488 g/mol. The van der Waals surface area contributed by atoms with Crippen molar-refractivity contribution in [2.24, 2.45) is 5.92 Å². The first kappa shape index (κ1) is 23.6. The van der Waals surface area contributed by atoms with Gasteiger partial charge in [-0.05, 0) is 49.1 Å². The van der Waals surface area contributed by atoms with E-state index in [2.05, 4.69) is 10.00 Å². The fourth-order valence-electron chi connectivity index (χ4n) is 4.86. The van der Waals surface area contributed by atoms with Crippen LogP contribution in [-0.2, 0) is 10.9 Å². The van der Waals surface area contributed by atoms with E-state index in [9.17, 15) is 18.0 Å². The van der Waals surface area contributed by atoms with E-state index in [1.54, 1.807) is 35.2 Å². The van der Waals surface area contributed by atoms with Crippen LogP contribution in [0.2, 0.25) is 0 Å². The molecule has 3 aromatic rings. The molecule has 2 fully saturated rings. The number of nitrogens with zero attached hydrogens (tertiary/aromatic N) is 5. The minimum absolute atomic E-state index is 0.156. The van der Waals surface area contributed by atoms with Crippen molar-refractivity contribution in [3.05, 3.63) is 66.1 Å². The van der Waals surface area contributed by atoms with Gasteiger partial charge in [0.05, 0.1) is 30.7 Å². The normalized spacial score (nSPS) is 18.2. The highest BCUT2D eigenvalue weighted by Gasteiger charge is 2.32. The monoisotopic (exact) mass is 487 g/mol. The van der Waals surface area contributed by atoms with Crippen molar-refractivity contribution < 1.29 is 22.7 Å². The van der Waals surface area contributed by atoms with E-state index in [-0.39, 0.29) is 11.6 Å². The van der Waals surface area contributed by atoms with Crippen LogP contribution in [0.1, 0.15) is 28.8 Å². The fourth-order valence-corrected chi connectivity index (χ4v) is 4.86. The largest absolute Gasteiger partial charge is 0.416 e. The maximum absolute atomic E-state index is 13.5. The zero-order chi connectivity index (χ0) is 24.4. The Kier molecular flexibility index (Phi) is 6.66. The molecular weight excluding hydrogens is 459 g/mol. The standard InChI is InChI=1S/C25H28F3N5O2/c26-25(27,28)20-4-3-5-21(16-20)33-23(31-8-1-2-9-31)22(17-29-33)24(34)32-10-6-19(7-11-32)18-30-12-14-35-15-13-30/h1-5,8-9,16-17,19H,6-7,10-15,18H2. The first-order chi connectivity index (χ1) is 16.9. The van der Waals surface area contributed by atoms with Crippen LogP contribution in [0.4, 0.5) is 13.2 Å². The van der Waals surface area contributed by atoms with E-state index in [0.29, 0.717) is 30.4 Å². The first-order valence-electron chi connectivity index (χ1n) is 11.9. The molecule has 0 aliphatic carbocycles. The van der Waals surface area contributed by atoms with Crippen LogP contribution in [0.5, 0.6) is 0 Å². The molecule has 0 saturated carbocycles. The summed E-state index contributed by atoms with van der Waals surface area (Å²) in [5.41, 5.74) is -0.156. The number of benzene rings is 1. The number of ether oxygens (including phenoxy) is 1. The molecule has 0 N–H and O–H groups in total. The lowest BCUT2D eigenvalue weighted by atomic mass is 9.95. The van der Waals surface area contributed by atoms with Crippen LogP contribution in [0.25, 0.3) is 11.5 Å². The van der Waals surface area contributed by atoms with E-state index in [0.717, 1.165) is 57.8 Å². The zero-order valence-electron chi connectivity index (χ0n) is 19.3. The molecule has 5 rings (SSSR count). The Bertz CT molecular complexity index is 1140. The second-order valence-corrected chi connectivity index (χ2v) is 9.08. The molecule has 7 nitrogen and oxygen atoms in total. The van der Waals surface area contributed by atoms with Gasteiger partial charge in [-0.3, -0.25) is 9.69 Å². The molecule has 2 aliphatic heterocycles. The molecule has 0 bridgehead atoms. The van der Waals surface area contributed by atoms with Crippen LogP contribution in [-0.4, -0.2) is 76.0 Å². The summed E-state index contributed by atoms with van der Waals surface area (Å²) < 4.78 is 48.5. The highest BCUT2D eigenvalue weighted by atomic mass is 19.4. The predicted octanol–water partition coefficient (Wildman–Crippen LogP) is 3.87. The second-order valence-electron chi connectivity index (χ2n) is 9.08. The number of carbonyl (C=O) groups excluding carboxylic acids is 1. The summed E-state index contributed by atoms with van der Waals surface area (Å²) in [6.45, 7) is 5.77. The Morgan fingerprint density at radius 1 is 1.03 bits per heavy atom. The van der Waals surface area contributed by atoms with Gasteiger partial charge in [-0.1, -0.05) is 6.07 Å². The third kappa shape index (κ3) is 5.13. The Labute approximate surface area is 201 Å². The maximum atomic E-state index is 13.5. The topological polar surface area (TPSA) is 55.5 Å². The lowest BCUT2D eigenvalue weighted by Gasteiger charge is -2.36. The SMILES string of the molecule is O=C(c1cnn(-c2cccc(C(F)(F)F)c2)c1-n1cccc1)N1CCC(CN2CCOCC2)CC1. The Morgan fingerprint density at radius 3 is 2.43 bits per heavy atom. The zero-order valence-corrected chi connectivity index (χ0v) is 19.3. The number of amides is 1. The summed E-state index contributed by atoms with van der Waals surface area (Å²) in [4.78, 5) is 17.8. The molecule has 10 heteroatoms. The minimum Gasteiger partial charge on any atom is -0.379 e. The van der Waals surface area contributed by atoms with Crippen LogP contribution >= 0.6 is 0 Å². The number of morpholine rings is 1. The Morgan fingerprint density at radius 2 is 1.74 bits per heavy atom. The van der Waals surface area contributed by atoms with Crippen molar-refractivity contribution in [2.75, 3.05) is 45.9 Å². The smallest absolute Gasteiger partial charge is 0.379 e. The van der Waals surface area contributed by atoms with Crippen molar-refractivity contribution in [1.82, 2.24) is 24.1 Å². The quantitative estimate of drug-likeness (QED) is 0.549. The number of aromatic nitrogens is 3. The molecule has 1 amide bonds. The lowest BCUT2D eigenvalue weighted by Crippen LogP contribution is -2.44. The van der Waals surface area contributed by atoms with E-state index >= 15 is 0 Å². The summed E-state index contributed by atoms with van der Waals surface area (Å²) in [7, 11) is 0. The third-order valence-electron chi connectivity index (χ3n) is 6.76. The summed E-state index contributed by atoms with van der Waals surface area (Å²) in [5.74, 6) is 0.806. The molecule has 0 atom stereocenters. The fraction of sp³-hybridized carbons (Fsp3) is 0.440. The molecule has 0 spiro atoms. The van der Waals surface area contributed by atoms with Gasteiger partial charge < -0.3 is 14.2 Å². The van der Waals surface area contributed by atoms with Gasteiger partial charge in [0.25, 0.3) is 5.91 Å². The van der Waals surface area contributed by atoms with Crippen LogP contribution in [0.15, 0.2) is 55.0 Å². The van der Waals surface area contributed by atoms with Gasteiger partial charge >= 0.3 is 6.18 Å². The van der Waals surface area contributed by atoms with Crippen LogP contribution < -0.4 is 0 Å². The number of likely N-dealkylation sites (tertiary alicyclic amines) is 1. The summed E-state index contributed by atoms with van der Waals surface area (Å²) in [6.07, 6.45) is 2.34. The highest BCUT2D eigenvalue weighted by molar-refractivity contribution is 5.97. The second kappa shape index (κ2) is 9.87. The number of hydrogen-bond acceptors (Lipinski definition) is 4. The molecule has 186 valence electrons. The van der Waals surface area contributed by atoms with Gasteiger partial charge in [-0.2, -0.15) is 18.3 Å². The van der Waals surface area contributed by atoms with Crippen LogP contribution in [0.3, 0.4) is 0 Å². The molecule has 4 heterocycles. The van der Waals surface area contributed by atoms with Gasteiger partial charge in [0.2, 0.25) is 0 Å². The summed E-state index contributed by atoms with van der Waals surface area (Å²) in [6, 6.07) is 8.57. The first-order valence-corrected chi connectivity index (χ1v) is 11.9. The number of halogens is 3. The molecule has 2 aliphatic rings. The predicted molar refractivity (Wildman–Crippen MR) is 124 cm³/mol. The number of piperidine rings is 1. The molecule has 35 heavy (non-hydrogen) atoms. The Balaban J connectivity index is 1.37. The minimum atomic E-state index is -4.47. The molecule has 2 aromatic heterocycles. The van der Waals surface area contributed by atoms with Crippen molar-refractivity contribution in [1.29, 1.82) is 0 Å². The van der Waals surface area contributed by atoms with Crippen molar-refractivity contribution in [3.63, 3.8) is 0 Å². The van der Waals surface area contributed by atoms with Crippen molar-refractivity contribution >= 4 is 5.91 Å². The number of hydrogen-bond donors (Lipinski definition) is 0. The molecule has 2 saturated heterocycles. The number of rotatable bonds is 5. The van der Waals surface area contributed by atoms with E-state index in [4.69, 9.17) is 4.74 Å². The average Bonchev–Trinajstić information content (AvgIpc) is 3.54. The van der Waals surface area contributed by atoms with Gasteiger partial charge in [-0.25, -0.2) is 4.68 Å². The van der Waals surface area contributed by atoms with Crippen molar-refractivity contribution in [2.45, 2.75) is 19.0 Å². The van der Waals surface area contributed by atoms with Gasteiger partial charge in [0, 0.05) is 45.1 Å². The molecule has 0 radical (unpaired) electrons. The van der Waals surface area contributed by atoms with E-state index < -0.39 is 11.7 Å². The lowest BCUT2D eigenvalue weighted by molar-refractivity contribution is -0.137. The Hall–Kier alpha value is -3.11. The van der Waals surface area contributed by atoms with Gasteiger partial charge in [0.15, 0.2) is 5.82 Å².